The lowest BCUT2D eigenvalue weighted by molar-refractivity contribution is -0.144. The highest BCUT2D eigenvalue weighted by Gasteiger charge is 2.04. The summed E-state index contributed by atoms with van der Waals surface area (Å²) in [6.07, 6.45) is 1.32. The van der Waals surface area contributed by atoms with Crippen LogP contribution < -0.4 is 0 Å². The van der Waals surface area contributed by atoms with E-state index in [4.69, 9.17) is 4.74 Å². The average molecular weight is 228 g/mol. The molecular formula is C15H16O2. The zero-order valence-corrected chi connectivity index (χ0v) is 9.98. The monoisotopic (exact) mass is 228 g/mol. The van der Waals surface area contributed by atoms with Crippen LogP contribution in [-0.4, -0.2) is 5.97 Å². The molecule has 2 rings (SSSR count). The highest BCUT2D eigenvalue weighted by Crippen LogP contribution is 2.19. The second-order valence-corrected chi connectivity index (χ2v) is 4.05. The first-order valence-electron chi connectivity index (χ1n) is 5.93. The average Bonchev–Trinajstić information content (AvgIpc) is 2.36. The maximum absolute atomic E-state index is 11.3. The Kier molecular flexibility index (Phi) is 3.76. The predicted octanol–water partition coefficient (Wildman–Crippen LogP) is 3.68. The van der Waals surface area contributed by atoms with Gasteiger partial charge in [0.05, 0.1) is 0 Å². The van der Waals surface area contributed by atoms with Crippen molar-refractivity contribution in [3.05, 3.63) is 48.0 Å². The number of hydrogen-bond donors (Lipinski definition) is 0. The van der Waals surface area contributed by atoms with Crippen LogP contribution in [0.4, 0.5) is 0 Å². The third-order valence-corrected chi connectivity index (χ3v) is 2.72. The number of ether oxygens (including phenoxy) is 1. The van der Waals surface area contributed by atoms with Crippen molar-refractivity contribution in [3.63, 3.8) is 0 Å². The summed E-state index contributed by atoms with van der Waals surface area (Å²) in [6.45, 7) is 2.33. The fourth-order valence-corrected chi connectivity index (χ4v) is 1.85. The van der Waals surface area contributed by atoms with Gasteiger partial charge in [-0.15, -0.1) is 0 Å². The van der Waals surface area contributed by atoms with Gasteiger partial charge in [-0.3, -0.25) is 4.79 Å². The Morgan fingerprint density at radius 1 is 1.12 bits per heavy atom. The Labute approximate surface area is 101 Å². The van der Waals surface area contributed by atoms with E-state index in [9.17, 15) is 4.79 Å². The van der Waals surface area contributed by atoms with Gasteiger partial charge in [0.25, 0.3) is 0 Å². The number of carbonyl (C=O) groups is 1. The molecule has 0 amide bonds. The van der Waals surface area contributed by atoms with Gasteiger partial charge in [0, 0.05) is 6.42 Å². The molecule has 0 bridgehead atoms. The molecular weight excluding hydrogens is 212 g/mol. The number of rotatable bonds is 4. The standard InChI is InChI=1S/C15H16O2/c1-2-6-15(16)17-11-13-9-5-8-12-7-3-4-10-14(12)13/h3-5,7-10H,2,6,11H2,1H3. The highest BCUT2D eigenvalue weighted by molar-refractivity contribution is 5.85. The normalized spacial score (nSPS) is 10.4. The van der Waals surface area contributed by atoms with E-state index < -0.39 is 0 Å². The Balaban J connectivity index is 2.16. The highest BCUT2D eigenvalue weighted by atomic mass is 16.5. The second kappa shape index (κ2) is 5.48. The molecule has 0 saturated heterocycles. The van der Waals surface area contributed by atoms with Crippen molar-refractivity contribution in [2.75, 3.05) is 0 Å². The molecule has 2 aromatic carbocycles. The third kappa shape index (κ3) is 2.84. The molecule has 0 aromatic heterocycles. The molecule has 0 saturated carbocycles. The van der Waals surface area contributed by atoms with Crippen LogP contribution in [0.1, 0.15) is 25.3 Å². The van der Waals surface area contributed by atoms with Crippen LogP contribution in [0.3, 0.4) is 0 Å². The van der Waals surface area contributed by atoms with Crippen molar-refractivity contribution in [3.8, 4) is 0 Å². The van der Waals surface area contributed by atoms with E-state index in [0.29, 0.717) is 13.0 Å². The molecule has 0 atom stereocenters. The number of fused-ring (bicyclic) bond motifs is 1. The second-order valence-electron chi connectivity index (χ2n) is 4.05. The van der Waals surface area contributed by atoms with Gasteiger partial charge in [-0.2, -0.15) is 0 Å². The maximum atomic E-state index is 11.3. The summed E-state index contributed by atoms with van der Waals surface area (Å²) in [5.74, 6) is -0.125. The Bertz CT molecular complexity index is 512. The van der Waals surface area contributed by atoms with Crippen LogP contribution in [0.25, 0.3) is 10.8 Å². The van der Waals surface area contributed by atoms with Crippen molar-refractivity contribution in [2.45, 2.75) is 26.4 Å². The number of hydrogen-bond acceptors (Lipinski definition) is 2. The first-order chi connectivity index (χ1) is 8.31. The quantitative estimate of drug-likeness (QED) is 0.746. The van der Waals surface area contributed by atoms with E-state index in [1.54, 1.807) is 0 Å². The van der Waals surface area contributed by atoms with Crippen LogP contribution in [0.2, 0.25) is 0 Å². The molecule has 0 aliphatic carbocycles. The van der Waals surface area contributed by atoms with Crippen molar-refractivity contribution in [2.24, 2.45) is 0 Å². The molecule has 0 radical (unpaired) electrons. The Morgan fingerprint density at radius 3 is 2.71 bits per heavy atom. The van der Waals surface area contributed by atoms with E-state index >= 15 is 0 Å². The maximum Gasteiger partial charge on any atom is 0.306 e. The summed E-state index contributed by atoms with van der Waals surface area (Å²) in [5.41, 5.74) is 1.06. The fourth-order valence-electron chi connectivity index (χ4n) is 1.85. The van der Waals surface area contributed by atoms with E-state index in [1.807, 2.05) is 31.2 Å². The van der Waals surface area contributed by atoms with Crippen molar-refractivity contribution >= 4 is 16.7 Å². The summed E-state index contributed by atoms with van der Waals surface area (Å²) in [6, 6.07) is 14.2. The van der Waals surface area contributed by atoms with Gasteiger partial charge in [0.1, 0.15) is 6.61 Å². The summed E-state index contributed by atoms with van der Waals surface area (Å²) >= 11 is 0. The molecule has 2 nitrogen and oxygen atoms in total. The third-order valence-electron chi connectivity index (χ3n) is 2.72. The molecule has 0 N–H and O–H groups in total. The Hall–Kier alpha value is -1.83. The summed E-state index contributed by atoms with van der Waals surface area (Å²) in [4.78, 5) is 11.3. The summed E-state index contributed by atoms with van der Waals surface area (Å²) in [7, 11) is 0. The molecule has 0 aliphatic heterocycles. The smallest absolute Gasteiger partial charge is 0.306 e. The largest absolute Gasteiger partial charge is 0.461 e. The van der Waals surface area contributed by atoms with Crippen LogP contribution in [0.15, 0.2) is 42.5 Å². The molecule has 2 aromatic rings. The molecule has 17 heavy (non-hydrogen) atoms. The van der Waals surface area contributed by atoms with Gasteiger partial charge in [-0.25, -0.2) is 0 Å². The number of esters is 1. The minimum Gasteiger partial charge on any atom is -0.461 e. The van der Waals surface area contributed by atoms with Crippen LogP contribution in [0.5, 0.6) is 0 Å². The first-order valence-corrected chi connectivity index (χ1v) is 5.93. The predicted molar refractivity (Wildman–Crippen MR) is 68.7 cm³/mol. The van der Waals surface area contributed by atoms with Crippen LogP contribution in [0, 0.1) is 0 Å². The zero-order valence-electron chi connectivity index (χ0n) is 9.98. The molecule has 0 heterocycles. The molecule has 2 heteroatoms. The van der Waals surface area contributed by atoms with Gasteiger partial charge >= 0.3 is 5.97 Å². The number of benzene rings is 2. The molecule has 0 fully saturated rings. The Morgan fingerprint density at radius 2 is 1.88 bits per heavy atom. The number of carbonyl (C=O) groups excluding carboxylic acids is 1. The van der Waals surface area contributed by atoms with E-state index in [-0.39, 0.29) is 5.97 Å². The molecule has 88 valence electrons. The van der Waals surface area contributed by atoms with Gasteiger partial charge in [0.2, 0.25) is 0 Å². The lowest BCUT2D eigenvalue weighted by atomic mass is 10.1. The summed E-state index contributed by atoms with van der Waals surface area (Å²) in [5, 5.41) is 2.33. The minimum atomic E-state index is -0.125. The molecule has 0 spiro atoms. The van der Waals surface area contributed by atoms with E-state index in [2.05, 4.69) is 18.2 Å². The van der Waals surface area contributed by atoms with Crippen LogP contribution >= 0.6 is 0 Å². The minimum absolute atomic E-state index is 0.125. The fraction of sp³-hybridized carbons (Fsp3) is 0.267. The van der Waals surface area contributed by atoms with E-state index in [1.165, 1.54) is 5.39 Å². The lowest BCUT2D eigenvalue weighted by Crippen LogP contribution is -2.03. The van der Waals surface area contributed by atoms with Gasteiger partial charge in [0.15, 0.2) is 0 Å². The molecule has 0 aliphatic rings. The van der Waals surface area contributed by atoms with Gasteiger partial charge < -0.3 is 4.74 Å². The SMILES string of the molecule is CCCC(=O)OCc1cccc2ccccc12. The zero-order chi connectivity index (χ0) is 12.1. The summed E-state index contributed by atoms with van der Waals surface area (Å²) < 4.78 is 5.24. The molecule has 0 unspecified atom stereocenters. The van der Waals surface area contributed by atoms with Crippen molar-refractivity contribution < 1.29 is 9.53 Å². The van der Waals surface area contributed by atoms with Crippen molar-refractivity contribution in [1.82, 2.24) is 0 Å². The van der Waals surface area contributed by atoms with Crippen LogP contribution in [-0.2, 0) is 16.1 Å². The lowest BCUT2D eigenvalue weighted by Gasteiger charge is -2.07. The van der Waals surface area contributed by atoms with E-state index in [0.717, 1.165) is 17.4 Å². The van der Waals surface area contributed by atoms with Gasteiger partial charge in [-0.1, -0.05) is 49.4 Å². The van der Waals surface area contributed by atoms with Crippen molar-refractivity contribution in [1.29, 1.82) is 0 Å². The first kappa shape index (κ1) is 11.6. The topological polar surface area (TPSA) is 26.3 Å². The van der Waals surface area contributed by atoms with Gasteiger partial charge in [-0.05, 0) is 22.8 Å².